The largest absolute Gasteiger partial charge is 0.481 e. The Morgan fingerprint density at radius 1 is 1.20 bits per heavy atom. The highest BCUT2D eigenvalue weighted by Gasteiger charge is 2.35. The third-order valence-electron chi connectivity index (χ3n) is 3.74. The van der Waals surface area contributed by atoms with Gasteiger partial charge in [-0.25, -0.2) is 0 Å². The lowest BCUT2D eigenvalue weighted by molar-refractivity contribution is -0.148. The summed E-state index contributed by atoms with van der Waals surface area (Å²) in [5.74, 6) is -1.79. The Hall–Kier alpha value is -1.10. The smallest absolute Gasteiger partial charge is 0.307 e. The Bertz CT molecular complexity index is 317. The molecule has 0 aromatic carbocycles. The number of amides is 1. The molecule has 2 N–H and O–H groups in total. The van der Waals surface area contributed by atoms with E-state index in [0.29, 0.717) is 26.0 Å². The summed E-state index contributed by atoms with van der Waals surface area (Å²) in [5, 5.41) is 12.0. The number of carbonyl (C=O) groups is 2. The molecule has 20 heavy (non-hydrogen) atoms. The van der Waals surface area contributed by atoms with Gasteiger partial charge in [-0.2, -0.15) is 0 Å². The molecule has 0 saturated heterocycles. The standard InChI is InChI=1S/C15H27NO4/c1-11(2)20-10-6-5-9-16-14(17)12-7-3-4-8-13(12)15(18)19/h11-13H,3-10H2,1-2H3,(H,16,17)(H,18,19)/t12-,13+/m1/s1. The molecular formula is C15H27NO4. The number of hydrogen-bond donors (Lipinski definition) is 2. The molecule has 0 aliphatic heterocycles. The van der Waals surface area contributed by atoms with Gasteiger partial charge in [0.25, 0.3) is 0 Å². The van der Waals surface area contributed by atoms with Crippen molar-refractivity contribution in [1.82, 2.24) is 5.32 Å². The molecule has 1 rings (SSSR count). The van der Waals surface area contributed by atoms with Gasteiger partial charge in [-0.1, -0.05) is 12.8 Å². The highest BCUT2D eigenvalue weighted by Crippen LogP contribution is 2.30. The Labute approximate surface area is 121 Å². The maximum Gasteiger partial charge on any atom is 0.307 e. The maximum absolute atomic E-state index is 12.0. The second-order valence-electron chi connectivity index (χ2n) is 5.75. The van der Waals surface area contributed by atoms with Crippen molar-refractivity contribution in [1.29, 1.82) is 0 Å². The summed E-state index contributed by atoms with van der Waals surface area (Å²) in [6, 6.07) is 0. The van der Waals surface area contributed by atoms with Crippen molar-refractivity contribution in [2.24, 2.45) is 11.8 Å². The molecule has 0 radical (unpaired) electrons. The minimum atomic E-state index is -0.838. The number of rotatable bonds is 8. The van der Waals surface area contributed by atoms with Crippen molar-refractivity contribution < 1.29 is 19.4 Å². The molecule has 5 heteroatoms. The Kier molecular flexibility index (Phi) is 7.59. The third kappa shape index (κ3) is 5.90. The van der Waals surface area contributed by atoms with E-state index in [1.54, 1.807) is 0 Å². The average molecular weight is 285 g/mol. The Morgan fingerprint density at radius 2 is 1.85 bits per heavy atom. The van der Waals surface area contributed by atoms with Gasteiger partial charge in [-0.05, 0) is 39.5 Å². The molecule has 0 spiro atoms. The molecule has 116 valence electrons. The number of carboxylic acid groups (broad SMARTS) is 1. The summed E-state index contributed by atoms with van der Waals surface area (Å²) in [5.41, 5.74) is 0. The van der Waals surface area contributed by atoms with Gasteiger partial charge in [0.05, 0.1) is 17.9 Å². The lowest BCUT2D eigenvalue weighted by atomic mass is 9.78. The predicted octanol–water partition coefficient (Wildman–Crippen LogP) is 2.20. The SMILES string of the molecule is CC(C)OCCCCNC(=O)[C@@H]1CCCC[C@@H]1C(=O)O. The first-order chi connectivity index (χ1) is 9.52. The summed E-state index contributed by atoms with van der Waals surface area (Å²) >= 11 is 0. The zero-order valence-corrected chi connectivity index (χ0v) is 12.6. The Morgan fingerprint density at radius 3 is 2.45 bits per heavy atom. The van der Waals surface area contributed by atoms with Gasteiger partial charge < -0.3 is 15.2 Å². The second-order valence-corrected chi connectivity index (χ2v) is 5.75. The molecule has 1 fully saturated rings. The summed E-state index contributed by atoms with van der Waals surface area (Å²) in [7, 11) is 0. The molecule has 1 aliphatic rings. The predicted molar refractivity (Wildman–Crippen MR) is 76.4 cm³/mol. The minimum absolute atomic E-state index is 0.0955. The Balaban J connectivity index is 2.22. The van der Waals surface area contributed by atoms with Crippen LogP contribution in [0.2, 0.25) is 0 Å². The number of unbranched alkanes of at least 4 members (excludes halogenated alkanes) is 1. The fraction of sp³-hybridized carbons (Fsp3) is 0.867. The first-order valence-corrected chi connectivity index (χ1v) is 7.64. The number of aliphatic carboxylic acids is 1. The van der Waals surface area contributed by atoms with Crippen LogP contribution >= 0.6 is 0 Å². The van der Waals surface area contributed by atoms with Crippen molar-refractivity contribution in [2.75, 3.05) is 13.2 Å². The van der Waals surface area contributed by atoms with Gasteiger partial charge in [0.2, 0.25) is 5.91 Å². The molecule has 5 nitrogen and oxygen atoms in total. The van der Waals surface area contributed by atoms with Gasteiger partial charge in [0, 0.05) is 13.2 Å². The lowest BCUT2D eigenvalue weighted by Gasteiger charge is -2.27. The zero-order chi connectivity index (χ0) is 15.0. The van der Waals surface area contributed by atoms with Gasteiger partial charge in [0.1, 0.15) is 0 Å². The van der Waals surface area contributed by atoms with Gasteiger partial charge in [0.15, 0.2) is 0 Å². The number of carbonyl (C=O) groups excluding carboxylic acids is 1. The first kappa shape index (κ1) is 17.0. The number of ether oxygens (including phenoxy) is 1. The fourth-order valence-electron chi connectivity index (χ4n) is 2.63. The van der Waals surface area contributed by atoms with E-state index in [1.807, 2.05) is 13.8 Å². The van der Waals surface area contributed by atoms with Gasteiger partial charge >= 0.3 is 5.97 Å². The summed E-state index contributed by atoms with van der Waals surface area (Å²) in [6.45, 7) is 5.30. The van der Waals surface area contributed by atoms with Crippen LogP contribution < -0.4 is 5.32 Å². The van der Waals surface area contributed by atoms with Crippen LogP contribution in [0.5, 0.6) is 0 Å². The summed E-state index contributed by atoms with van der Waals surface area (Å²) < 4.78 is 5.42. The van der Waals surface area contributed by atoms with E-state index in [1.165, 1.54) is 0 Å². The van der Waals surface area contributed by atoms with Crippen molar-refractivity contribution in [3.63, 3.8) is 0 Å². The molecule has 2 atom stereocenters. The number of nitrogens with one attached hydrogen (secondary N) is 1. The highest BCUT2D eigenvalue weighted by molar-refractivity contribution is 5.84. The molecule has 0 unspecified atom stereocenters. The van der Waals surface area contributed by atoms with Crippen LogP contribution in [0.4, 0.5) is 0 Å². The topological polar surface area (TPSA) is 75.6 Å². The van der Waals surface area contributed by atoms with E-state index in [4.69, 9.17) is 9.84 Å². The van der Waals surface area contributed by atoms with E-state index in [9.17, 15) is 9.59 Å². The molecule has 0 aromatic rings. The number of carboxylic acids is 1. The lowest BCUT2D eigenvalue weighted by Crippen LogP contribution is -2.40. The zero-order valence-electron chi connectivity index (χ0n) is 12.6. The fourth-order valence-corrected chi connectivity index (χ4v) is 2.63. The van der Waals surface area contributed by atoms with E-state index in [2.05, 4.69) is 5.32 Å². The minimum Gasteiger partial charge on any atom is -0.481 e. The normalized spacial score (nSPS) is 22.8. The third-order valence-corrected chi connectivity index (χ3v) is 3.74. The molecule has 1 amide bonds. The average Bonchev–Trinajstić information content (AvgIpc) is 2.42. The van der Waals surface area contributed by atoms with Gasteiger partial charge in [-0.15, -0.1) is 0 Å². The highest BCUT2D eigenvalue weighted by atomic mass is 16.5. The van der Waals surface area contributed by atoms with E-state index < -0.39 is 11.9 Å². The van der Waals surface area contributed by atoms with Crippen molar-refractivity contribution in [3.8, 4) is 0 Å². The molecule has 1 aliphatic carbocycles. The van der Waals surface area contributed by atoms with Crippen LogP contribution in [-0.4, -0.2) is 36.2 Å². The van der Waals surface area contributed by atoms with Crippen LogP contribution in [0.15, 0.2) is 0 Å². The summed E-state index contributed by atoms with van der Waals surface area (Å²) in [4.78, 5) is 23.2. The van der Waals surface area contributed by atoms with Crippen LogP contribution in [0.25, 0.3) is 0 Å². The van der Waals surface area contributed by atoms with Crippen LogP contribution in [0.1, 0.15) is 52.4 Å². The van der Waals surface area contributed by atoms with E-state index in [-0.39, 0.29) is 17.9 Å². The first-order valence-electron chi connectivity index (χ1n) is 7.64. The van der Waals surface area contributed by atoms with Crippen molar-refractivity contribution >= 4 is 11.9 Å². The molecular weight excluding hydrogens is 258 g/mol. The number of hydrogen-bond acceptors (Lipinski definition) is 3. The van der Waals surface area contributed by atoms with Crippen LogP contribution in [0.3, 0.4) is 0 Å². The quantitative estimate of drug-likeness (QED) is 0.670. The molecule has 0 aromatic heterocycles. The molecule has 0 bridgehead atoms. The monoisotopic (exact) mass is 285 g/mol. The van der Waals surface area contributed by atoms with Crippen molar-refractivity contribution in [2.45, 2.75) is 58.5 Å². The van der Waals surface area contributed by atoms with Gasteiger partial charge in [-0.3, -0.25) is 9.59 Å². The summed E-state index contributed by atoms with van der Waals surface area (Å²) in [6.07, 6.45) is 5.18. The second kappa shape index (κ2) is 8.95. The molecule has 1 saturated carbocycles. The van der Waals surface area contributed by atoms with Crippen molar-refractivity contribution in [3.05, 3.63) is 0 Å². The van der Waals surface area contributed by atoms with E-state index >= 15 is 0 Å². The van der Waals surface area contributed by atoms with E-state index in [0.717, 1.165) is 25.7 Å². The molecule has 0 heterocycles. The van der Waals surface area contributed by atoms with Crippen LogP contribution in [-0.2, 0) is 14.3 Å². The van der Waals surface area contributed by atoms with Crippen LogP contribution in [0, 0.1) is 11.8 Å². The maximum atomic E-state index is 12.0.